The molecule has 0 aromatic carbocycles. The summed E-state index contributed by atoms with van der Waals surface area (Å²) in [6.07, 6.45) is 3.57. The van der Waals surface area contributed by atoms with E-state index in [1.807, 2.05) is 19.1 Å². The summed E-state index contributed by atoms with van der Waals surface area (Å²) in [5.74, 6) is -0.250. The van der Waals surface area contributed by atoms with E-state index < -0.39 is 0 Å². The van der Waals surface area contributed by atoms with Crippen LogP contribution in [0.4, 0.5) is 0 Å². The minimum atomic E-state index is -0.154. The van der Waals surface area contributed by atoms with Crippen LogP contribution in [0, 0.1) is 5.92 Å². The van der Waals surface area contributed by atoms with E-state index in [0.29, 0.717) is 6.54 Å². The van der Waals surface area contributed by atoms with Gasteiger partial charge in [-0.3, -0.25) is 14.7 Å². The molecule has 0 spiro atoms. The van der Waals surface area contributed by atoms with Gasteiger partial charge in [0.1, 0.15) is 0 Å². The number of aromatic nitrogens is 1. The van der Waals surface area contributed by atoms with E-state index in [1.54, 1.807) is 12.4 Å². The molecule has 1 rings (SSSR count). The van der Waals surface area contributed by atoms with Crippen molar-refractivity contribution >= 4 is 5.97 Å². The monoisotopic (exact) mass is 236 g/mol. The van der Waals surface area contributed by atoms with Gasteiger partial charge in [0.25, 0.3) is 0 Å². The third kappa shape index (κ3) is 4.53. The quantitative estimate of drug-likeness (QED) is 0.705. The van der Waals surface area contributed by atoms with Crippen molar-refractivity contribution in [1.29, 1.82) is 0 Å². The van der Waals surface area contributed by atoms with Crippen molar-refractivity contribution in [3.05, 3.63) is 30.1 Å². The lowest BCUT2D eigenvalue weighted by Crippen LogP contribution is -2.31. The van der Waals surface area contributed by atoms with Crippen LogP contribution in [-0.4, -0.2) is 36.1 Å². The number of hydrogen-bond donors (Lipinski definition) is 0. The van der Waals surface area contributed by atoms with E-state index >= 15 is 0 Å². The number of pyridine rings is 1. The van der Waals surface area contributed by atoms with Gasteiger partial charge in [0.15, 0.2) is 0 Å². The highest BCUT2D eigenvalue weighted by atomic mass is 16.5. The Kier molecular flexibility index (Phi) is 5.63. The molecule has 0 fully saturated rings. The molecule has 0 radical (unpaired) electrons. The number of methoxy groups -OCH3 is 1. The summed E-state index contributed by atoms with van der Waals surface area (Å²) in [4.78, 5) is 17.6. The van der Waals surface area contributed by atoms with Crippen LogP contribution in [0.25, 0.3) is 0 Å². The van der Waals surface area contributed by atoms with Crippen molar-refractivity contribution in [2.45, 2.75) is 20.4 Å². The van der Waals surface area contributed by atoms with Gasteiger partial charge in [0, 0.05) is 25.5 Å². The minimum absolute atomic E-state index is 0.0956. The second-order valence-corrected chi connectivity index (χ2v) is 4.11. The highest BCUT2D eigenvalue weighted by Gasteiger charge is 2.16. The molecule has 1 heterocycles. The van der Waals surface area contributed by atoms with Gasteiger partial charge in [-0.25, -0.2) is 0 Å². The molecule has 1 unspecified atom stereocenters. The van der Waals surface area contributed by atoms with Gasteiger partial charge in [0.05, 0.1) is 13.0 Å². The number of rotatable bonds is 6. The summed E-state index contributed by atoms with van der Waals surface area (Å²) in [6, 6.07) is 3.98. The van der Waals surface area contributed by atoms with Crippen LogP contribution >= 0.6 is 0 Å². The third-order valence-corrected chi connectivity index (χ3v) is 2.74. The lowest BCUT2D eigenvalue weighted by atomic mass is 10.1. The molecule has 0 N–H and O–H groups in total. The highest BCUT2D eigenvalue weighted by Crippen LogP contribution is 2.07. The van der Waals surface area contributed by atoms with Gasteiger partial charge < -0.3 is 4.74 Å². The molecule has 0 aliphatic carbocycles. The highest BCUT2D eigenvalue weighted by molar-refractivity contribution is 5.72. The van der Waals surface area contributed by atoms with Gasteiger partial charge in [-0.1, -0.05) is 13.8 Å². The molecule has 0 amide bonds. The molecule has 0 aliphatic heterocycles. The average molecular weight is 236 g/mol. The van der Waals surface area contributed by atoms with Crippen molar-refractivity contribution in [2.24, 2.45) is 5.92 Å². The van der Waals surface area contributed by atoms with Crippen LogP contribution in [0.3, 0.4) is 0 Å². The van der Waals surface area contributed by atoms with Crippen molar-refractivity contribution in [3.8, 4) is 0 Å². The third-order valence-electron chi connectivity index (χ3n) is 2.74. The van der Waals surface area contributed by atoms with E-state index in [4.69, 9.17) is 4.74 Å². The molecular weight excluding hydrogens is 216 g/mol. The van der Waals surface area contributed by atoms with Crippen molar-refractivity contribution < 1.29 is 9.53 Å². The largest absolute Gasteiger partial charge is 0.469 e. The summed E-state index contributed by atoms with van der Waals surface area (Å²) < 4.78 is 4.73. The van der Waals surface area contributed by atoms with E-state index in [0.717, 1.165) is 13.1 Å². The smallest absolute Gasteiger partial charge is 0.309 e. The Morgan fingerprint density at radius 3 is 2.65 bits per heavy atom. The first-order valence-electron chi connectivity index (χ1n) is 5.86. The first-order chi connectivity index (χ1) is 8.17. The number of carbonyl (C=O) groups is 1. The Bertz CT molecular complexity index is 341. The second kappa shape index (κ2) is 7.01. The Morgan fingerprint density at radius 1 is 1.47 bits per heavy atom. The summed E-state index contributed by atoms with van der Waals surface area (Å²) in [5, 5.41) is 0. The number of nitrogens with zero attached hydrogens (tertiary/aromatic N) is 2. The van der Waals surface area contributed by atoms with Crippen LogP contribution in [0.2, 0.25) is 0 Å². The van der Waals surface area contributed by atoms with E-state index in [-0.39, 0.29) is 11.9 Å². The Morgan fingerprint density at radius 2 is 2.12 bits per heavy atom. The maximum absolute atomic E-state index is 11.4. The van der Waals surface area contributed by atoms with Gasteiger partial charge in [-0.05, 0) is 24.2 Å². The molecule has 1 aromatic heterocycles. The summed E-state index contributed by atoms with van der Waals surface area (Å²) in [6.45, 7) is 6.43. The minimum Gasteiger partial charge on any atom is -0.469 e. The maximum atomic E-state index is 11.4. The predicted octanol–water partition coefficient (Wildman–Crippen LogP) is 1.71. The Labute approximate surface area is 103 Å². The van der Waals surface area contributed by atoms with Crippen molar-refractivity contribution in [2.75, 3.05) is 20.2 Å². The van der Waals surface area contributed by atoms with E-state index in [9.17, 15) is 4.79 Å². The molecule has 4 heteroatoms. The number of carbonyl (C=O) groups excluding carboxylic acids is 1. The molecule has 17 heavy (non-hydrogen) atoms. The lowest BCUT2D eigenvalue weighted by molar-refractivity contribution is -0.145. The molecule has 4 nitrogen and oxygen atoms in total. The zero-order valence-electron chi connectivity index (χ0n) is 10.7. The Hall–Kier alpha value is -1.42. The fraction of sp³-hybridized carbons (Fsp3) is 0.538. The van der Waals surface area contributed by atoms with Crippen LogP contribution in [-0.2, 0) is 16.1 Å². The topological polar surface area (TPSA) is 42.4 Å². The molecule has 94 valence electrons. The first-order valence-corrected chi connectivity index (χ1v) is 5.86. The summed E-state index contributed by atoms with van der Waals surface area (Å²) in [5.41, 5.74) is 1.21. The zero-order chi connectivity index (χ0) is 12.7. The molecule has 0 saturated carbocycles. The van der Waals surface area contributed by atoms with Crippen molar-refractivity contribution in [3.63, 3.8) is 0 Å². The lowest BCUT2D eigenvalue weighted by Gasteiger charge is -2.23. The molecule has 0 bridgehead atoms. The molecular formula is C13H20N2O2. The van der Waals surface area contributed by atoms with E-state index in [2.05, 4.69) is 16.8 Å². The average Bonchev–Trinajstić information content (AvgIpc) is 2.38. The van der Waals surface area contributed by atoms with Crippen molar-refractivity contribution in [1.82, 2.24) is 9.88 Å². The number of esters is 1. The first kappa shape index (κ1) is 13.6. The SMILES string of the molecule is CCN(Cc1ccncc1)CC(C)C(=O)OC. The normalized spacial score (nSPS) is 12.5. The van der Waals surface area contributed by atoms with Crippen LogP contribution in [0.5, 0.6) is 0 Å². The molecule has 0 aliphatic rings. The fourth-order valence-electron chi connectivity index (χ4n) is 1.71. The van der Waals surface area contributed by atoms with E-state index in [1.165, 1.54) is 12.7 Å². The Balaban J connectivity index is 2.52. The fourth-order valence-corrected chi connectivity index (χ4v) is 1.71. The maximum Gasteiger partial charge on any atom is 0.309 e. The van der Waals surface area contributed by atoms with Gasteiger partial charge in [0.2, 0.25) is 0 Å². The van der Waals surface area contributed by atoms with Crippen LogP contribution in [0.15, 0.2) is 24.5 Å². The van der Waals surface area contributed by atoms with Gasteiger partial charge >= 0.3 is 5.97 Å². The summed E-state index contributed by atoms with van der Waals surface area (Å²) in [7, 11) is 1.43. The van der Waals surface area contributed by atoms with Crippen LogP contribution < -0.4 is 0 Å². The zero-order valence-corrected chi connectivity index (χ0v) is 10.7. The molecule has 1 atom stereocenters. The van der Waals surface area contributed by atoms with Gasteiger partial charge in [-0.15, -0.1) is 0 Å². The van der Waals surface area contributed by atoms with Gasteiger partial charge in [-0.2, -0.15) is 0 Å². The standard InChI is InChI=1S/C13H20N2O2/c1-4-15(9-11(2)13(16)17-3)10-12-5-7-14-8-6-12/h5-8,11H,4,9-10H2,1-3H3. The molecule has 1 aromatic rings. The van der Waals surface area contributed by atoms with Crippen LogP contribution in [0.1, 0.15) is 19.4 Å². The predicted molar refractivity (Wildman–Crippen MR) is 66.4 cm³/mol. The number of ether oxygens (including phenoxy) is 1. The molecule has 0 saturated heterocycles. The second-order valence-electron chi connectivity index (χ2n) is 4.11. The summed E-state index contributed by atoms with van der Waals surface area (Å²) >= 11 is 0. The number of hydrogen-bond acceptors (Lipinski definition) is 4.